The Hall–Kier alpha value is -1.08. The molecule has 0 amide bonds. The monoisotopic (exact) mass is 368 g/mol. The van der Waals surface area contributed by atoms with Crippen LogP contribution in [0.25, 0.3) is 0 Å². The Morgan fingerprint density at radius 2 is 1.74 bits per heavy atom. The fourth-order valence-electron chi connectivity index (χ4n) is 3.23. The Morgan fingerprint density at radius 3 is 2.17 bits per heavy atom. The number of hydrogen-bond acceptors (Lipinski definition) is 3. The van der Waals surface area contributed by atoms with E-state index in [-0.39, 0.29) is 29.5 Å². The minimum Gasteiger partial charge on any atom is -0.276 e. The topological polar surface area (TPSA) is 51.2 Å². The normalized spacial score (nSPS) is 18.2. The first-order chi connectivity index (χ1) is 10.6. The molecule has 23 heavy (non-hydrogen) atoms. The highest BCUT2D eigenvalue weighted by Gasteiger charge is 2.45. The third-order valence-corrected chi connectivity index (χ3v) is 6.00. The number of thiol groups is 1. The molecule has 3 nitrogen and oxygen atoms in total. The van der Waals surface area contributed by atoms with E-state index in [0.717, 1.165) is 12.5 Å². The van der Waals surface area contributed by atoms with E-state index in [0.29, 0.717) is 18.9 Å². The largest absolute Gasteiger partial charge is 0.416 e. The Kier molecular flexibility index (Phi) is 5.11. The summed E-state index contributed by atoms with van der Waals surface area (Å²) in [4.78, 5) is 11.3. The van der Waals surface area contributed by atoms with Gasteiger partial charge in [-0.25, -0.2) is 8.42 Å². The van der Waals surface area contributed by atoms with E-state index in [2.05, 4.69) is 0 Å². The molecule has 8 heteroatoms. The van der Waals surface area contributed by atoms with Crippen molar-refractivity contribution in [1.82, 2.24) is 0 Å². The lowest BCUT2D eigenvalue weighted by Crippen LogP contribution is -2.33. The Labute approximate surface area is 138 Å². The zero-order valence-corrected chi connectivity index (χ0v) is 14.0. The Morgan fingerprint density at radius 1 is 1.17 bits per heavy atom. The van der Waals surface area contributed by atoms with Gasteiger partial charge in [-0.1, -0.05) is 25.3 Å². The number of benzene rings is 1. The van der Waals surface area contributed by atoms with E-state index < -0.39 is 32.4 Å². The molecule has 1 aliphatic rings. The predicted molar refractivity (Wildman–Crippen MR) is 81.4 cm³/mol. The molecular formula is C15H16ClF3O3S. The lowest BCUT2D eigenvalue weighted by Gasteiger charge is -2.34. The van der Waals surface area contributed by atoms with Crippen molar-refractivity contribution in [2.75, 3.05) is 0 Å². The summed E-state index contributed by atoms with van der Waals surface area (Å²) in [7, 11) is -3.10. The third kappa shape index (κ3) is 3.40. The molecule has 0 radical (unpaired) electrons. The van der Waals surface area contributed by atoms with E-state index in [1.54, 1.807) is 0 Å². The van der Waals surface area contributed by atoms with Gasteiger partial charge in [0.1, 0.15) is 10.7 Å². The molecule has 0 saturated heterocycles. The number of carbonyl (C=O) groups excluding carboxylic acids is 1. The summed E-state index contributed by atoms with van der Waals surface area (Å²) in [5, 5.41) is -0.997. The summed E-state index contributed by atoms with van der Waals surface area (Å²) in [6.45, 7) is 1.45. The van der Waals surface area contributed by atoms with E-state index in [1.165, 1.54) is 6.92 Å². The second-order valence-corrected chi connectivity index (χ2v) is 7.55. The Balaban J connectivity index is 2.78. The fraction of sp³-hybridized carbons (Fsp3) is 0.533. The summed E-state index contributed by atoms with van der Waals surface area (Å²) in [6.07, 6.45) is -2.56. The van der Waals surface area contributed by atoms with Crippen LogP contribution in [0, 0.1) is 6.92 Å². The molecule has 0 aliphatic heterocycles. The van der Waals surface area contributed by atoms with Crippen LogP contribution in [0.3, 0.4) is 0 Å². The van der Waals surface area contributed by atoms with Gasteiger partial charge in [-0.3, -0.25) is 4.79 Å². The predicted octanol–water partition coefficient (Wildman–Crippen LogP) is 4.16. The van der Waals surface area contributed by atoms with Crippen LogP contribution in [-0.4, -0.2) is 13.7 Å². The average Bonchev–Trinajstić information content (AvgIpc) is 2.45. The lowest BCUT2D eigenvalue weighted by atomic mass is 9.79. The first-order valence-corrected chi connectivity index (χ1v) is 8.72. The first kappa shape index (κ1) is 18.3. The van der Waals surface area contributed by atoms with Gasteiger partial charge in [-0.05, 0) is 48.6 Å². The van der Waals surface area contributed by atoms with Gasteiger partial charge in [0.15, 0.2) is 0 Å². The highest BCUT2D eigenvalue weighted by molar-refractivity contribution is 7.73. The molecule has 2 rings (SSSR count). The molecule has 0 N–H and O–H groups in total. The maximum absolute atomic E-state index is 13.5. The summed E-state index contributed by atoms with van der Waals surface area (Å²) < 4.78 is 62.6. The number of halogens is 4. The van der Waals surface area contributed by atoms with Gasteiger partial charge in [0.05, 0.1) is 10.3 Å². The number of hydrogen-bond donors (Lipinski definition) is 1. The van der Waals surface area contributed by atoms with Crippen LogP contribution in [0.2, 0.25) is 0 Å². The van der Waals surface area contributed by atoms with Crippen LogP contribution in [0.5, 0.6) is 0 Å². The molecule has 0 unspecified atom stereocenters. The van der Waals surface area contributed by atoms with Crippen LogP contribution >= 0.6 is 11.6 Å². The average molecular weight is 369 g/mol. The molecule has 1 fully saturated rings. The molecule has 0 heterocycles. The number of alkyl halides is 3. The van der Waals surface area contributed by atoms with Crippen LogP contribution in [0.4, 0.5) is 13.2 Å². The standard InChI is InChI=1S/C15H16ClF3O3S/c1-9-7-11(14(23(21)22)5-3-2-4-6-14)12(15(17,18)19)8-10(9)13(16)20/h7-8,23H,2-6H2,1H3. The molecule has 0 aromatic heterocycles. The zero-order valence-electron chi connectivity index (χ0n) is 12.4. The van der Waals surface area contributed by atoms with Crippen LogP contribution < -0.4 is 0 Å². The van der Waals surface area contributed by atoms with E-state index >= 15 is 0 Å². The molecule has 1 aromatic rings. The second kappa shape index (κ2) is 6.43. The number of carbonyl (C=O) groups is 1. The van der Waals surface area contributed by atoms with Gasteiger partial charge < -0.3 is 0 Å². The second-order valence-electron chi connectivity index (χ2n) is 5.83. The van der Waals surface area contributed by atoms with Crippen molar-refractivity contribution in [3.05, 3.63) is 34.4 Å². The van der Waals surface area contributed by atoms with Crippen molar-refractivity contribution in [3.63, 3.8) is 0 Å². The molecular weight excluding hydrogens is 353 g/mol. The summed E-state index contributed by atoms with van der Waals surface area (Å²) in [5.74, 6) is 0. The Bertz CT molecular complexity index is 697. The van der Waals surface area contributed by atoms with Gasteiger partial charge in [-0.2, -0.15) is 13.2 Å². The summed E-state index contributed by atoms with van der Waals surface area (Å²) in [5.41, 5.74) is -1.36. The molecule has 0 bridgehead atoms. The molecule has 128 valence electrons. The van der Waals surface area contributed by atoms with Crippen molar-refractivity contribution in [3.8, 4) is 0 Å². The minimum absolute atomic E-state index is 0.155. The van der Waals surface area contributed by atoms with Crippen molar-refractivity contribution >= 4 is 27.5 Å². The lowest BCUT2D eigenvalue weighted by molar-refractivity contribution is -0.138. The zero-order chi connectivity index (χ0) is 17.4. The molecule has 0 atom stereocenters. The van der Waals surface area contributed by atoms with Crippen molar-refractivity contribution in [1.29, 1.82) is 0 Å². The maximum Gasteiger partial charge on any atom is 0.416 e. The molecule has 1 aromatic carbocycles. The van der Waals surface area contributed by atoms with Gasteiger partial charge >= 0.3 is 6.18 Å². The van der Waals surface area contributed by atoms with E-state index in [4.69, 9.17) is 11.6 Å². The van der Waals surface area contributed by atoms with Crippen molar-refractivity contribution < 1.29 is 26.4 Å². The quantitative estimate of drug-likeness (QED) is 0.643. The molecule has 0 spiro atoms. The SMILES string of the molecule is Cc1cc(C2([SH](=O)=O)CCCCC2)c(C(F)(F)F)cc1C(=O)Cl. The fourth-order valence-corrected chi connectivity index (χ4v) is 4.49. The van der Waals surface area contributed by atoms with Crippen molar-refractivity contribution in [2.45, 2.75) is 50.0 Å². The molecule has 1 aliphatic carbocycles. The smallest absolute Gasteiger partial charge is 0.276 e. The van der Waals surface area contributed by atoms with Gasteiger partial charge in [0.25, 0.3) is 5.24 Å². The molecule has 1 saturated carbocycles. The van der Waals surface area contributed by atoms with Gasteiger partial charge in [0.2, 0.25) is 0 Å². The van der Waals surface area contributed by atoms with Crippen molar-refractivity contribution in [2.24, 2.45) is 0 Å². The highest BCUT2D eigenvalue weighted by atomic mass is 35.5. The van der Waals surface area contributed by atoms with Crippen LogP contribution in [0.15, 0.2) is 12.1 Å². The van der Waals surface area contributed by atoms with E-state index in [9.17, 15) is 26.4 Å². The van der Waals surface area contributed by atoms with Gasteiger partial charge in [-0.15, -0.1) is 0 Å². The van der Waals surface area contributed by atoms with Crippen LogP contribution in [-0.2, 0) is 21.6 Å². The highest BCUT2D eigenvalue weighted by Crippen LogP contribution is 2.46. The first-order valence-electron chi connectivity index (χ1n) is 7.16. The summed E-state index contributed by atoms with van der Waals surface area (Å²) in [6, 6.07) is 1.84. The minimum atomic E-state index is -4.76. The van der Waals surface area contributed by atoms with E-state index in [1.807, 2.05) is 0 Å². The van der Waals surface area contributed by atoms with Crippen LogP contribution in [0.1, 0.15) is 59.2 Å². The maximum atomic E-state index is 13.5. The number of aryl methyl sites for hydroxylation is 1. The van der Waals surface area contributed by atoms with Gasteiger partial charge in [0, 0.05) is 5.56 Å². The third-order valence-electron chi connectivity index (χ3n) is 4.41. The number of rotatable bonds is 3. The summed E-state index contributed by atoms with van der Waals surface area (Å²) >= 11 is 5.34.